The van der Waals surface area contributed by atoms with Crippen LogP contribution in [0.15, 0.2) is 23.4 Å². The second-order valence-corrected chi connectivity index (χ2v) is 6.60. The normalized spacial score (nSPS) is 50.7. The molecule has 2 aliphatic heterocycles. The van der Waals surface area contributed by atoms with Gasteiger partial charge in [-0.15, -0.1) is 0 Å². The van der Waals surface area contributed by atoms with Gasteiger partial charge < -0.3 is 10.1 Å². The third kappa shape index (κ3) is 1.04. The van der Waals surface area contributed by atoms with Crippen LogP contribution >= 0.6 is 0 Å². The molecule has 3 nitrogen and oxygen atoms in total. The summed E-state index contributed by atoms with van der Waals surface area (Å²) in [7, 11) is 0. The van der Waals surface area contributed by atoms with Gasteiger partial charge in [-0.05, 0) is 51.2 Å². The van der Waals surface area contributed by atoms with Crippen LogP contribution in [-0.2, 0) is 9.53 Å². The van der Waals surface area contributed by atoms with Crippen molar-refractivity contribution in [3.8, 4) is 0 Å². The smallest absolute Gasteiger partial charge is 0.317 e. The molecule has 0 aromatic rings. The Hall–Kier alpha value is -1.25. The summed E-state index contributed by atoms with van der Waals surface area (Å²) in [6.45, 7) is 5.14. The fraction of sp³-hybridized carbons (Fsp3) is 0.667. The van der Waals surface area contributed by atoms with E-state index in [1.165, 1.54) is 5.57 Å². The van der Waals surface area contributed by atoms with E-state index in [1.807, 2.05) is 0 Å². The molecule has 4 bridgehead atoms. The van der Waals surface area contributed by atoms with Gasteiger partial charge in [-0.1, -0.05) is 5.57 Å². The van der Waals surface area contributed by atoms with Gasteiger partial charge in [0, 0.05) is 18.2 Å². The summed E-state index contributed by atoms with van der Waals surface area (Å²) < 4.78 is 5.74. The molecular formula is C15H19NO2. The lowest BCUT2D eigenvalue weighted by atomic mass is 9.44. The van der Waals surface area contributed by atoms with E-state index in [0.29, 0.717) is 11.8 Å². The minimum atomic E-state index is -0.309. The van der Waals surface area contributed by atoms with E-state index in [4.69, 9.17) is 4.74 Å². The zero-order chi connectivity index (χ0) is 12.5. The topological polar surface area (TPSA) is 38.3 Å². The number of rotatable bonds is 1. The molecule has 2 heterocycles. The van der Waals surface area contributed by atoms with Crippen molar-refractivity contribution in [3.05, 3.63) is 23.4 Å². The first-order valence-corrected chi connectivity index (χ1v) is 6.92. The molecule has 5 aliphatic rings. The Labute approximate surface area is 107 Å². The molecule has 1 N–H and O–H groups in total. The highest BCUT2D eigenvalue weighted by molar-refractivity contribution is 5.85. The van der Waals surface area contributed by atoms with Crippen molar-refractivity contribution in [2.45, 2.75) is 38.7 Å². The van der Waals surface area contributed by atoms with E-state index in [0.717, 1.165) is 31.5 Å². The molecule has 0 amide bonds. The SMILES string of the molecule is CC1=C/C(=C\[C@@]23C(=O)O[C@]4(C)CC[C@H]2C[C@H]34)NC1. The molecule has 18 heavy (non-hydrogen) atoms. The summed E-state index contributed by atoms with van der Waals surface area (Å²) in [5, 5.41) is 3.37. The van der Waals surface area contributed by atoms with Crippen molar-refractivity contribution in [3.63, 3.8) is 0 Å². The van der Waals surface area contributed by atoms with Crippen molar-refractivity contribution < 1.29 is 9.53 Å². The van der Waals surface area contributed by atoms with Crippen molar-refractivity contribution in [2.24, 2.45) is 17.3 Å². The van der Waals surface area contributed by atoms with E-state index >= 15 is 0 Å². The number of allylic oxidation sites excluding steroid dienone is 1. The second kappa shape index (κ2) is 3.01. The monoisotopic (exact) mass is 245 g/mol. The first-order chi connectivity index (χ1) is 8.54. The third-order valence-corrected chi connectivity index (χ3v) is 5.55. The number of ether oxygens (including phenoxy) is 1. The summed E-state index contributed by atoms with van der Waals surface area (Å²) in [6, 6.07) is 0. The second-order valence-electron chi connectivity index (χ2n) is 6.60. The maximum atomic E-state index is 12.4. The number of carbonyl (C=O) groups excluding carboxylic acids is 1. The van der Waals surface area contributed by atoms with Gasteiger partial charge in [-0.25, -0.2) is 0 Å². The van der Waals surface area contributed by atoms with Gasteiger partial charge in [-0.3, -0.25) is 4.79 Å². The molecule has 5 rings (SSSR count). The van der Waals surface area contributed by atoms with Crippen molar-refractivity contribution >= 4 is 5.97 Å². The molecular weight excluding hydrogens is 226 g/mol. The van der Waals surface area contributed by atoms with Gasteiger partial charge in [0.1, 0.15) is 5.60 Å². The highest BCUT2D eigenvalue weighted by atomic mass is 16.6. The average Bonchev–Trinajstić information content (AvgIpc) is 2.73. The standard InChI is InChI=1S/C15H19NO2/c1-9-5-11(16-8-9)7-15-10-3-4-14(2,12(15)6-10)18-13(15)17/h5,7,10,12,16H,3-4,6,8H2,1-2H3/b11-7+/t10-,12-,14+,15+/m0/s1. The maximum Gasteiger partial charge on any atom is 0.317 e. The first-order valence-electron chi connectivity index (χ1n) is 6.92. The zero-order valence-electron chi connectivity index (χ0n) is 11.0. The average molecular weight is 245 g/mol. The number of hydrogen-bond acceptors (Lipinski definition) is 3. The van der Waals surface area contributed by atoms with Gasteiger partial charge in [0.05, 0.1) is 5.41 Å². The molecule has 3 saturated carbocycles. The number of esters is 1. The van der Waals surface area contributed by atoms with Crippen LogP contribution in [0.1, 0.15) is 33.1 Å². The zero-order valence-corrected chi connectivity index (χ0v) is 11.0. The molecule has 0 spiro atoms. The Morgan fingerprint density at radius 3 is 3.06 bits per heavy atom. The van der Waals surface area contributed by atoms with Crippen LogP contribution in [0.2, 0.25) is 0 Å². The fourth-order valence-corrected chi connectivity index (χ4v) is 4.51. The van der Waals surface area contributed by atoms with E-state index in [2.05, 4.69) is 31.3 Å². The molecule has 96 valence electrons. The summed E-state index contributed by atoms with van der Waals surface area (Å²) in [4.78, 5) is 12.4. The molecule has 3 heteroatoms. The van der Waals surface area contributed by atoms with Crippen molar-refractivity contribution in [1.29, 1.82) is 0 Å². The first kappa shape index (κ1) is 10.7. The Kier molecular flexibility index (Phi) is 1.78. The van der Waals surface area contributed by atoms with E-state index < -0.39 is 0 Å². The fourth-order valence-electron chi connectivity index (χ4n) is 4.51. The minimum absolute atomic E-state index is 0.0241. The van der Waals surface area contributed by atoms with Gasteiger partial charge >= 0.3 is 5.97 Å². The van der Waals surface area contributed by atoms with Crippen LogP contribution in [0.5, 0.6) is 0 Å². The Balaban J connectivity index is 1.78. The molecule has 0 radical (unpaired) electrons. The van der Waals surface area contributed by atoms with Crippen LogP contribution in [0.4, 0.5) is 0 Å². The highest BCUT2D eigenvalue weighted by Crippen LogP contribution is 2.69. The number of carbonyl (C=O) groups is 1. The molecule has 4 atom stereocenters. The lowest BCUT2D eigenvalue weighted by Gasteiger charge is -2.55. The molecule has 1 saturated heterocycles. The molecule has 3 aliphatic carbocycles. The lowest BCUT2D eigenvalue weighted by Crippen LogP contribution is -2.57. The van der Waals surface area contributed by atoms with Gasteiger partial charge in [0.2, 0.25) is 0 Å². The van der Waals surface area contributed by atoms with Crippen LogP contribution < -0.4 is 5.32 Å². The maximum absolute atomic E-state index is 12.4. The van der Waals surface area contributed by atoms with Crippen LogP contribution in [-0.4, -0.2) is 18.1 Å². The lowest BCUT2D eigenvalue weighted by molar-refractivity contribution is -0.151. The Bertz CT molecular complexity index is 505. The Morgan fingerprint density at radius 1 is 1.56 bits per heavy atom. The van der Waals surface area contributed by atoms with Gasteiger partial charge in [-0.2, -0.15) is 0 Å². The summed E-state index contributed by atoms with van der Waals surface area (Å²) in [6.07, 6.45) is 7.67. The quantitative estimate of drug-likeness (QED) is 0.719. The van der Waals surface area contributed by atoms with Crippen molar-refractivity contribution in [1.82, 2.24) is 5.32 Å². The summed E-state index contributed by atoms with van der Waals surface area (Å²) >= 11 is 0. The number of hydrogen-bond donors (Lipinski definition) is 1. The molecule has 0 aromatic heterocycles. The van der Waals surface area contributed by atoms with E-state index in [1.54, 1.807) is 0 Å². The predicted octanol–water partition coefficient (Wildman–Crippen LogP) is 2.15. The van der Waals surface area contributed by atoms with Gasteiger partial charge in [0.25, 0.3) is 0 Å². The van der Waals surface area contributed by atoms with Crippen LogP contribution in [0.3, 0.4) is 0 Å². The highest BCUT2D eigenvalue weighted by Gasteiger charge is 2.74. The summed E-state index contributed by atoms with van der Waals surface area (Å²) in [5.74, 6) is 0.935. The number of fused-ring (bicyclic) bond motifs is 1. The van der Waals surface area contributed by atoms with E-state index in [-0.39, 0.29) is 17.0 Å². The third-order valence-electron chi connectivity index (χ3n) is 5.55. The van der Waals surface area contributed by atoms with Gasteiger partial charge in [0.15, 0.2) is 0 Å². The van der Waals surface area contributed by atoms with Crippen LogP contribution in [0, 0.1) is 17.3 Å². The van der Waals surface area contributed by atoms with E-state index in [9.17, 15) is 4.79 Å². The molecule has 0 aromatic carbocycles. The Morgan fingerprint density at radius 2 is 2.39 bits per heavy atom. The largest absolute Gasteiger partial charge is 0.458 e. The molecule has 0 unspecified atom stereocenters. The van der Waals surface area contributed by atoms with Crippen LogP contribution in [0.25, 0.3) is 0 Å². The van der Waals surface area contributed by atoms with Crippen molar-refractivity contribution in [2.75, 3.05) is 6.54 Å². The minimum Gasteiger partial charge on any atom is -0.458 e. The predicted molar refractivity (Wildman–Crippen MR) is 67.6 cm³/mol. The molecule has 4 fully saturated rings. The summed E-state index contributed by atoms with van der Waals surface area (Å²) in [5.41, 5.74) is 1.94. The number of nitrogens with one attached hydrogen (secondary N) is 1.